The van der Waals surface area contributed by atoms with Crippen LogP contribution in [0.1, 0.15) is 15.4 Å². The fourth-order valence-corrected chi connectivity index (χ4v) is 1.74. The maximum absolute atomic E-state index is 13.4. The quantitative estimate of drug-likeness (QED) is 0.854. The van der Waals surface area contributed by atoms with Gasteiger partial charge in [-0.15, -0.1) is 10.2 Å². The summed E-state index contributed by atoms with van der Waals surface area (Å²) in [5.74, 6) is -1.02. The van der Waals surface area contributed by atoms with Crippen LogP contribution in [-0.2, 0) is 0 Å². The van der Waals surface area contributed by atoms with E-state index in [0.29, 0.717) is 0 Å². The van der Waals surface area contributed by atoms with E-state index in [1.807, 2.05) is 0 Å². The first-order valence-electron chi connectivity index (χ1n) is 4.73. The summed E-state index contributed by atoms with van der Waals surface area (Å²) >= 11 is 0.946. The molecule has 7 heteroatoms. The molecule has 0 unspecified atom stereocenters. The van der Waals surface area contributed by atoms with Crippen LogP contribution in [0.2, 0.25) is 0 Å². The number of aryl methyl sites for hydroxylation is 1. The predicted octanol–water partition coefficient (Wildman–Crippen LogP) is 1.82. The second-order valence-corrected chi connectivity index (χ2v) is 4.39. The largest absolute Gasteiger partial charge is 0.374 e. The zero-order valence-corrected chi connectivity index (χ0v) is 9.71. The van der Waals surface area contributed by atoms with Gasteiger partial charge < -0.3 is 11.1 Å². The average molecular weight is 252 g/mol. The van der Waals surface area contributed by atoms with Crippen LogP contribution in [0.25, 0.3) is 0 Å². The maximum Gasteiger partial charge on any atom is 0.286 e. The lowest BCUT2D eigenvalue weighted by Gasteiger charge is -2.04. The van der Waals surface area contributed by atoms with Gasteiger partial charge in [0.05, 0.1) is 5.69 Å². The molecule has 5 nitrogen and oxygen atoms in total. The topological polar surface area (TPSA) is 80.9 Å². The van der Waals surface area contributed by atoms with Crippen LogP contribution in [-0.4, -0.2) is 16.1 Å². The molecule has 0 radical (unpaired) electrons. The summed E-state index contributed by atoms with van der Waals surface area (Å²) in [6, 6.07) is 4.45. The molecular formula is C10H9FN4OS. The van der Waals surface area contributed by atoms with Gasteiger partial charge in [0, 0.05) is 0 Å². The van der Waals surface area contributed by atoms with Crippen molar-refractivity contribution in [1.82, 2.24) is 10.2 Å². The molecule has 0 aliphatic carbocycles. The van der Waals surface area contributed by atoms with Gasteiger partial charge in [0.2, 0.25) is 10.1 Å². The molecule has 1 aromatic heterocycles. The van der Waals surface area contributed by atoms with Gasteiger partial charge in [0.25, 0.3) is 5.91 Å². The second-order valence-electron chi connectivity index (χ2n) is 3.38. The predicted molar refractivity (Wildman–Crippen MR) is 63.4 cm³/mol. The number of benzene rings is 1. The Morgan fingerprint density at radius 2 is 2.24 bits per heavy atom. The Bertz CT molecular complexity index is 569. The van der Waals surface area contributed by atoms with E-state index in [4.69, 9.17) is 5.73 Å². The molecule has 0 aliphatic rings. The molecule has 17 heavy (non-hydrogen) atoms. The number of anilines is 2. The van der Waals surface area contributed by atoms with Crippen LogP contribution >= 0.6 is 11.3 Å². The number of aromatic nitrogens is 2. The number of carbonyl (C=O) groups is 1. The maximum atomic E-state index is 13.4. The van der Waals surface area contributed by atoms with E-state index in [9.17, 15) is 9.18 Å². The molecule has 0 spiro atoms. The molecule has 1 aromatic carbocycles. The highest BCUT2D eigenvalue weighted by Crippen LogP contribution is 2.18. The van der Waals surface area contributed by atoms with E-state index in [1.165, 1.54) is 12.1 Å². The summed E-state index contributed by atoms with van der Waals surface area (Å²) in [6.45, 7) is 1.80. The lowest BCUT2D eigenvalue weighted by Crippen LogP contribution is -2.12. The Kier molecular flexibility index (Phi) is 3.01. The molecule has 0 atom stereocenters. The molecule has 0 fully saturated rings. The van der Waals surface area contributed by atoms with Crippen LogP contribution in [0.5, 0.6) is 0 Å². The number of hydrogen-bond donors (Lipinski definition) is 2. The van der Waals surface area contributed by atoms with Crippen molar-refractivity contribution in [2.45, 2.75) is 6.92 Å². The minimum absolute atomic E-state index is 0.100. The molecule has 1 amide bonds. The third-order valence-corrected chi connectivity index (χ3v) is 2.76. The number of nitrogens with one attached hydrogen (secondary N) is 1. The fraction of sp³-hybridized carbons (Fsp3) is 0.100. The van der Waals surface area contributed by atoms with Gasteiger partial charge in [-0.25, -0.2) is 4.39 Å². The highest BCUT2D eigenvalue weighted by atomic mass is 32.1. The number of nitrogens with zero attached hydrogens (tertiary/aromatic N) is 2. The average Bonchev–Trinajstić information content (AvgIpc) is 2.70. The first kappa shape index (κ1) is 11.5. The number of nitrogen functional groups attached to an aromatic ring is 1. The van der Waals surface area contributed by atoms with Gasteiger partial charge in [-0.1, -0.05) is 17.4 Å². The fourth-order valence-electron chi connectivity index (χ4n) is 1.24. The standard InChI is InChI=1S/C10H9FN4OS/c1-5-2-3-6(11)7(4-5)13-8(16)9-14-15-10(12)17-9/h2-4H,1H3,(H2,12,15)(H,13,16). The summed E-state index contributed by atoms with van der Waals surface area (Å²) in [7, 11) is 0. The number of hydrogen-bond acceptors (Lipinski definition) is 5. The van der Waals surface area contributed by atoms with E-state index < -0.39 is 11.7 Å². The normalized spacial score (nSPS) is 10.2. The molecule has 0 aliphatic heterocycles. The van der Waals surface area contributed by atoms with Crippen molar-refractivity contribution < 1.29 is 9.18 Å². The van der Waals surface area contributed by atoms with Crippen molar-refractivity contribution in [2.24, 2.45) is 0 Å². The Morgan fingerprint density at radius 1 is 1.47 bits per heavy atom. The molecule has 0 bridgehead atoms. The van der Waals surface area contributed by atoms with E-state index >= 15 is 0 Å². The van der Waals surface area contributed by atoms with Crippen LogP contribution < -0.4 is 11.1 Å². The third kappa shape index (κ3) is 2.56. The lowest BCUT2D eigenvalue weighted by molar-refractivity contribution is 0.102. The summed E-state index contributed by atoms with van der Waals surface area (Å²) in [5, 5.41) is 9.80. The first-order chi connectivity index (χ1) is 8.06. The number of halogens is 1. The first-order valence-corrected chi connectivity index (χ1v) is 5.54. The number of amides is 1. The van der Waals surface area contributed by atoms with Gasteiger partial charge in [0.15, 0.2) is 0 Å². The molecule has 1 heterocycles. The van der Waals surface area contributed by atoms with Gasteiger partial charge in [-0.3, -0.25) is 4.79 Å². The Morgan fingerprint density at radius 3 is 2.88 bits per heavy atom. The van der Waals surface area contributed by atoms with Gasteiger partial charge in [0.1, 0.15) is 5.82 Å². The Labute approximate surface area is 100 Å². The molecule has 0 saturated carbocycles. The van der Waals surface area contributed by atoms with E-state index in [2.05, 4.69) is 15.5 Å². The van der Waals surface area contributed by atoms with Crippen molar-refractivity contribution in [2.75, 3.05) is 11.1 Å². The van der Waals surface area contributed by atoms with E-state index in [0.717, 1.165) is 16.9 Å². The molecule has 2 rings (SSSR count). The van der Waals surface area contributed by atoms with Gasteiger partial charge in [-0.2, -0.15) is 0 Å². The van der Waals surface area contributed by atoms with E-state index in [1.54, 1.807) is 13.0 Å². The Balaban J connectivity index is 2.21. The SMILES string of the molecule is Cc1ccc(F)c(NC(=O)c2nnc(N)s2)c1. The summed E-state index contributed by atoms with van der Waals surface area (Å²) in [4.78, 5) is 11.7. The molecule has 88 valence electrons. The van der Waals surface area contributed by atoms with Crippen molar-refractivity contribution >= 4 is 28.1 Å². The highest BCUT2D eigenvalue weighted by Gasteiger charge is 2.13. The summed E-state index contributed by atoms with van der Waals surface area (Å²) in [6.07, 6.45) is 0. The van der Waals surface area contributed by atoms with Crippen molar-refractivity contribution in [3.8, 4) is 0 Å². The second kappa shape index (κ2) is 4.46. The zero-order chi connectivity index (χ0) is 12.4. The van der Waals surface area contributed by atoms with Crippen molar-refractivity contribution in [1.29, 1.82) is 0 Å². The van der Waals surface area contributed by atoms with Crippen LogP contribution in [0.15, 0.2) is 18.2 Å². The Hall–Kier alpha value is -2.02. The summed E-state index contributed by atoms with van der Waals surface area (Å²) in [5.41, 5.74) is 6.32. The van der Waals surface area contributed by atoms with Crippen LogP contribution in [0.4, 0.5) is 15.2 Å². The van der Waals surface area contributed by atoms with Crippen molar-refractivity contribution in [3.05, 3.63) is 34.6 Å². The van der Waals surface area contributed by atoms with Crippen LogP contribution in [0.3, 0.4) is 0 Å². The molecule has 0 saturated heterocycles. The minimum atomic E-state index is -0.524. The number of nitrogens with two attached hydrogens (primary N) is 1. The van der Waals surface area contributed by atoms with Gasteiger partial charge in [-0.05, 0) is 24.6 Å². The number of carbonyl (C=O) groups excluding carboxylic acids is 1. The number of rotatable bonds is 2. The van der Waals surface area contributed by atoms with Crippen molar-refractivity contribution in [3.63, 3.8) is 0 Å². The van der Waals surface area contributed by atoms with Crippen LogP contribution in [0, 0.1) is 12.7 Å². The molecule has 3 N–H and O–H groups in total. The van der Waals surface area contributed by atoms with Gasteiger partial charge >= 0.3 is 0 Å². The summed E-state index contributed by atoms with van der Waals surface area (Å²) < 4.78 is 13.4. The zero-order valence-electron chi connectivity index (χ0n) is 8.90. The molecule has 2 aromatic rings. The minimum Gasteiger partial charge on any atom is -0.374 e. The monoisotopic (exact) mass is 252 g/mol. The molecular weight excluding hydrogens is 243 g/mol. The highest BCUT2D eigenvalue weighted by molar-refractivity contribution is 7.16. The van der Waals surface area contributed by atoms with E-state index in [-0.39, 0.29) is 15.8 Å². The lowest BCUT2D eigenvalue weighted by atomic mass is 10.2. The smallest absolute Gasteiger partial charge is 0.286 e. The third-order valence-electron chi connectivity index (χ3n) is 2.00.